The van der Waals surface area contributed by atoms with Crippen LogP contribution in [-0.4, -0.2) is 53.5 Å². The van der Waals surface area contributed by atoms with Crippen LogP contribution in [-0.2, 0) is 10.3 Å². The number of rotatable bonds is 6. The summed E-state index contributed by atoms with van der Waals surface area (Å²) in [4.78, 5) is 6.67. The van der Waals surface area contributed by atoms with Gasteiger partial charge in [-0.25, -0.2) is 4.39 Å². The van der Waals surface area contributed by atoms with E-state index in [1.807, 2.05) is 38.2 Å². The molecule has 1 N–H and O–H groups in total. The lowest BCUT2D eigenvalue weighted by atomic mass is 9.61. The topological polar surface area (TPSA) is 71.6 Å². The average Bonchev–Trinajstić information content (AvgIpc) is 3.33. The van der Waals surface area contributed by atoms with Crippen LogP contribution in [0, 0.1) is 11.2 Å². The summed E-state index contributed by atoms with van der Waals surface area (Å²) in [7, 11) is 2.01. The molecule has 3 heterocycles. The summed E-state index contributed by atoms with van der Waals surface area (Å²) in [6.07, 6.45) is 1.62. The van der Waals surface area contributed by atoms with Crippen molar-refractivity contribution < 1.29 is 18.8 Å². The Morgan fingerprint density at radius 1 is 1.11 bits per heavy atom. The van der Waals surface area contributed by atoms with Crippen LogP contribution in [0.25, 0.3) is 11.4 Å². The van der Waals surface area contributed by atoms with Crippen LogP contribution in [0.2, 0.25) is 0 Å². The van der Waals surface area contributed by atoms with Gasteiger partial charge in [0.15, 0.2) is 0 Å². The van der Waals surface area contributed by atoms with Gasteiger partial charge in [-0.15, -0.1) is 0 Å². The number of aromatic nitrogens is 2. The number of hydrogen-bond acceptors (Lipinski definition) is 6. The second-order valence-electron chi connectivity index (χ2n) is 10.7. The second kappa shape index (κ2) is 9.12. The van der Waals surface area contributed by atoms with E-state index in [4.69, 9.17) is 9.26 Å². The highest BCUT2D eigenvalue weighted by Gasteiger charge is 2.56. The number of nitrogens with zero attached hydrogens (tertiary/aromatic N) is 3. The van der Waals surface area contributed by atoms with Crippen LogP contribution in [0.4, 0.5) is 4.39 Å². The van der Waals surface area contributed by atoms with Crippen molar-refractivity contribution in [2.45, 2.75) is 51.0 Å². The maximum Gasteiger partial charge on any atom is 0.230 e. The minimum absolute atomic E-state index is 0.122. The Kier molecular flexibility index (Phi) is 6.28. The lowest BCUT2D eigenvalue weighted by molar-refractivity contribution is -0.128. The van der Waals surface area contributed by atoms with Gasteiger partial charge in [0.25, 0.3) is 0 Å². The molecule has 0 amide bonds. The Morgan fingerprint density at radius 2 is 1.80 bits per heavy atom. The number of ether oxygens (including phenoxy) is 1. The van der Waals surface area contributed by atoms with Crippen molar-refractivity contribution >= 4 is 0 Å². The molecule has 1 atom stereocenters. The summed E-state index contributed by atoms with van der Waals surface area (Å²) in [5.74, 6) is 0.695. The lowest BCUT2D eigenvalue weighted by Gasteiger charge is -2.56. The van der Waals surface area contributed by atoms with E-state index in [0.29, 0.717) is 43.7 Å². The fourth-order valence-electron chi connectivity index (χ4n) is 5.75. The lowest BCUT2D eigenvalue weighted by Crippen LogP contribution is -2.63. The van der Waals surface area contributed by atoms with Gasteiger partial charge < -0.3 is 19.3 Å². The third-order valence-corrected chi connectivity index (χ3v) is 7.75. The predicted octanol–water partition coefficient (Wildman–Crippen LogP) is 5.08. The zero-order valence-corrected chi connectivity index (χ0v) is 20.9. The molecule has 2 aliphatic heterocycles. The van der Waals surface area contributed by atoms with E-state index in [2.05, 4.69) is 28.9 Å². The van der Waals surface area contributed by atoms with Crippen LogP contribution >= 0.6 is 0 Å². The van der Waals surface area contributed by atoms with Crippen molar-refractivity contribution in [3.05, 3.63) is 70.9 Å². The zero-order chi connectivity index (χ0) is 24.8. The molecule has 2 aliphatic rings. The van der Waals surface area contributed by atoms with E-state index in [-0.39, 0.29) is 22.9 Å². The number of benzene rings is 2. The van der Waals surface area contributed by atoms with Gasteiger partial charge >= 0.3 is 0 Å². The van der Waals surface area contributed by atoms with Crippen LogP contribution in [0.15, 0.2) is 47.0 Å². The molecule has 0 unspecified atom stereocenters. The molecule has 2 saturated heterocycles. The Balaban J connectivity index is 1.58. The van der Waals surface area contributed by atoms with Gasteiger partial charge in [-0.3, -0.25) is 0 Å². The van der Waals surface area contributed by atoms with Gasteiger partial charge in [-0.2, -0.15) is 4.98 Å². The van der Waals surface area contributed by atoms with Crippen molar-refractivity contribution in [2.75, 3.05) is 33.4 Å². The highest BCUT2D eigenvalue weighted by Crippen LogP contribution is 2.51. The van der Waals surface area contributed by atoms with Gasteiger partial charge in [0.1, 0.15) is 11.4 Å². The molecule has 0 spiro atoms. The maximum absolute atomic E-state index is 16.3. The standard InChI is InChI=1S/C28H34FN3O3/c1-18(2)19-8-10-21(11-9-19)28(33,27(3)16-32(4)17-27)23-7-5-6-22(24(23)29)25-30-26(35-31-25)20-12-14-34-15-13-20/h5-11,18,20,33H,12-17H2,1-4H3/t28-/m0/s1. The minimum Gasteiger partial charge on any atom is -0.381 e. The van der Waals surface area contributed by atoms with E-state index in [9.17, 15) is 5.11 Å². The van der Waals surface area contributed by atoms with Crippen LogP contribution in [0.1, 0.15) is 68.0 Å². The first-order chi connectivity index (χ1) is 16.7. The molecule has 0 radical (unpaired) electrons. The average molecular weight is 480 g/mol. The molecule has 35 heavy (non-hydrogen) atoms. The molecule has 7 heteroatoms. The summed E-state index contributed by atoms with van der Waals surface area (Å²) in [5, 5.41) is 16.5. The first kappa shape index (κ1) is 24.1. The third-order valence-electron chi connectivity index (χ3n) is 7.75. The smallest absolute Gasteiger partial charge is 0.230 e. The summed E-state index contributed by atoms with van der Waals surface area (Å²) in [6, 6.07) is 13.0. The molecular weight excluding hydrogens is 445 g/mol. The summed E-state index contributed by atoms with van der Waals surface area (Å²) in [6.45, 7) is 8.89. The van der Waals surface area contributed by atoms with Crippen molar-refractivity contribution in [3.8, 4) is 11.4 Å². The molecule has 3 aromatic rings. The van der Waals surface area contributed by atoms with E-state index in [1.54, 1.807) is 18.2 Å². The number of likely N-dealkylation sites (tertiary alicyclic amines) is 1. The molecular formula is C28H34FN3O3. The SMILES string of the molecule is CC(C)c1ccc([C@](O)(c2cccc(-c3noc(C4CCOCC4)n3)c2F)C2(C)CN(C)C2)cc1. The molecule has 5 rings (SSSR count). The van der Waals surface area contributed by atoms with Crippen LogP contribution in [0.3, 0.4) is 0 Å². The molecule has 2 aromatic carbocycles. The zero-order valence-electron chi connectivity index (χ0n) is 20.9. The molecule has 6 nitrogen and oxygen atoms in total. The first-order valence-electron chi connectivity index (χ1n) is 12.4. The van der Waals surface area contributed by atoms with Crippen LogP contribution in [0.5, 0.6) is 0 Å². The molecule has 0 aliphatic carbocycles. The van der Waals surface area contributed by atoms with E-state index < -0.39 is 16.8 Å². The Morgan fingerprint density at radius 3 is 2.43 bits per heavy atom. The van der Waals surface area contributed by atoms with Gasteiger partial charge in [0.05, 0.1) is 5.56 Å². The fourth-order valence-corrected chi connectivity index (χ4v) is 5.75. The fraction of sp³-hybridized carbons (Fsp3) is 0.500. The summed E-state index contributed by atoms with van der Waals surface area (Å²) in [5.41, 5.74) is 0.240. The summed E-state index contributed by atoms with van der Waals surface area (Å²) < 4.78 is 27.2. The summed E-state index contributed by atoms with van der Waals surface area (Å²) >= 11 is 0. The normalized spacial score (nSPS) is 20.5. The highest BCUT2D eigenvalue weighted by molar-refractivity contribution is 5.59. The Labute approximate surface area is 206 Å². The number of aliphatic hydroxyl groups is 1. The van der Waals surface area contributed by atoms with Gasteiger partial charge in [0.2, 0.25) is 11.7 Å². The van der Waals surface area contributed by atoms with Crippen molar-refractivity contribution in [2.24, 2.45) is 5.41 Å². The largest absolute Gasteiger partial charge is 0.381 e. The highest BCUT2D eigenvalue weighted by atomic mass is 19.1. The van der Waals surface area contributed by atoms with Crippen molar-refractivity contribution in [1.82, 2.24) is 15.0 Å². The van der Waals surface area contributed by atoms with Crippen LogP contribution < -0.4 is 0 Å². The van der Waals surface area contributed by atoms with E-state index in [0.717, 1.165) is 12.8 Å². The molecule has 2 fully saturated rings. The molecule has 0 saturated carbocycles. The Bertz CT molecular complexity index is 1180. The minimum atomic E-state index is -1.53. The van der Waals surface area contributed by atoms with Gasteiger partial charge in [-0.05, 0) is 43.0 Å². The van der Waals surface area contributed by atoms with E-state index in [1.165, 1.54) is 5.56 Å². The first-order valence-corrected chi connectivity index (χ1v) is 12.4. The number of halogens is 1. The molecule has 0 bridgehead atoms. The maximum atomic E-state index is 16.3. The van der Waals surface area contributed by atoms with Crippen molar-refractivity contribution in [1.29, 1.82) is 0 Å². The van der Waals surface area contributed by atoms with E-state index >= 15 is 4.39 Å². The van der Waals surface area contributed by atoms with Crippen molar-refractivity contribution in [3.63, 3.8) is 0 Å². The predicted molar refractivity (Wildman–Crippen MR) is 132 cm³/mol. The van der Waals surface area contributed by atoms with Gasteiger partial charge in [0, 0.05) is 43.2 Å². The van der Waals surface area contributed by atoms with Gasteiger partial charge in [-0.1, -0.05) is 62.3 Å². The quantitative estimate of drug-likeness (QED) is 0.532. The Hall–Kier alpha value is -2.61. The second-order valence-corrected chi connectivity index (χ2v) is 10.7. The third kappa shape index (κ3) is 4.09. The number of hydrogen-bond donors (Lipinski definition) is 1. The molecule has 1 aromatic heterocycles. The molecule has 186 valence electrons. The monoisotopic (exact) mass is 479 g/mol.